The maximum atomic E-state index is 13.2. The summed E-state index contributed by atoms with van der Waals surface area (Å²) in [5, 5.41) is 19.4. The lowest BCUT2D eigenvalue weighted by atomic mass is 9.85. The van der Waals surface area contributed by atoms with Crippen LogP contribution in [0, 0.1) is 15.9 Å². The third kappa shape index (κ3) is 2.30. The molecule has 4 nitrogen and oxygen atoms in total. The average Bonchev–Trinajstić information content (AvgIpc) is 2.17. The number of nitrogens with zero attached hydrogens (tertiary/aromatic N) is 1. The molecule has 0 saturated carbocycles. The third-order valence-corrected chi connectivity index (χ3v) is 2.32. The van der Waals surface area contributed by atoms with Gasteiger partial charge in [0.25, 0.3) is 0 Å². The molecule has 1 rings (SSSR count). The van der Waals surface area contributed by atoms with E-state index < -0.39 is 21.8 Å². The molecule has 0 atom stereocenters. The highest BCUT2D eigenvalue weighted by Gasteiger charge is 2.23. The molecular formula is C10H12FNO3. The molecule has 0 amide bonds. The smallest absolute Gasteiger partial charge is 0.304 e. The highest BCUT2D eigenvalue weighted by molar-refractivity contribution is 5.37. The van der Waals surface area contributed by atoms with Gasteiger partial charge >= 0.3 is 5.69 Å². The number of nitro benzene ring substituents is 1. The minimum Gasteiger partial charge on any atom is -0.395 e. The van der Waals surface area contributed by atoms with Gasteiger partial charge in [-0.25, -0.2) is 0 Å². The molecule has 0 spiro atoms. The van der Waals surface area contributed by atoms with Gasteiger partial charge in [-0.2, -0.15) is 4.39 Å². The Labute approximate surface area is 86.5 Å². The van der Waals surface area contributed by atoms with E-state index in [1.807, 2.05) is 0 Å². The summed E-state index contributed by atoms with van der Waals surface area (Å²) in [6.45, 7) is 3.31. The lowest BCUT2D eigenvalue weighted by molar-refractivity contribution is -0.387. The Morgan fingerprint density at radius 1 is 1.53 bits per heavy atom. The van der Waals surface area contributed by atoms with Crippen molar-refractivity contribution in [1.29, 1.82) is 0 Å². The Hall–Kier alpha value is -1.49. The largest absolute Gasteiger partial charge is 0.395 e. The van der Waals surface area contributed by atoms with Crippen molar-refractivity contribution in [2.24, 2.45) is 0 Å². The summed E-state index contributed by atoms with van der Waals surface area (Å²) in [5.41, 5.74) is -0.615. The van der Waals surface area contributed by atoms with Crippen LogP contribution in [0.4, 0.5) is 10.1 Å². The van der Waals surface area contributed by atoms with Gasteiger partial charge in [0.2, 0.25) is 5.82 Å². The third-order valence-electron chi connectivity index (χ3n) is 2.32. The average molecular weight is 213 g/mol. The second-order valence-electron chi connectivity index (χ2n) is 3.97. The second kappa shape index (κ2) is 3.94. The number of halogens is 1. The Morgan fingerprint density at radius 3 is 2.53 bits per heavy atom. The lowest BCUT2D eigenvalue weighted by Gasteiger charge is -2.21. The molecule has 0 heterocycles. The number of benzene rings is 1. The predicted molar refractivity (Wildman–Crippen MR) is 53.2 cm³/mol. The van der Waals surface area contributed by atoms with Gasteiger partial charge in [0.15, 0.2) is 0 Å². The highest BCUT2D eigenvalue weighted by atomic mass is 19.1. The van der Waals surface area contributed by atoms with Crippen LogP contribution in [0.2, 0.25) is 0 Å². The molecule has 0 aliphatic carbocycles. The van der Waals surface area contributed by atoms with Crippen molar-refractivity contribution in [2.75, 3.05) is 6.61 Å². The monoisotopic (exact) mass is 213 g/mol. The lowest BCUT2D eigenvalue weighted by Crippen LogP contribution is -2.22. The first-order chi connectivity index (χ1) is 6.88. The van der Waals surface area contributed by atoms with Crippen LogP contribution in [-0.4, -0.2) is 16.6 Å². The van der Waals surface area contributed by atoms with Crippen LogP contribution in [0.15, 0.2) is 18.2 Å². The minimum absolute atomic E-state index is 0.149. The van der Waals surface area contributed by atoms with Crippen LogP contribution in [0.3, 0.4) is 0 Å². The molecule has 5 heteroatoms. The van der Waals surface area contributed by atoms with E-state index in [4.69, 9.17) is 5.11 Å². The Bertz CT molecular complexity index is 390. The number of aliphatic hydroxyl groups is 1. The zero-order valence-electron chi connectivity index (χ0n) is 8.53. The molecule has 0 radical (unpaired) electrons. The maximum absolute atomic E-state index is 13.2. The van der Waals surface area contributed by atoms with E-state index in [-0.39, 0.29) is 6.61 Å². The Kier molecular flexibility index (Phi) is 3.04. The van der Waals surface area contributed by atoms with Crippen LogP contribution >= 0.6 is 0 Å². The first-order valence-corrected chi connectivity index (χ1v) is 4.44. The fourth-order valence-corrected chi connectivity index (χ4v) is 1.17. The number of hydrogen-bond donors (Lipinski definition) is 1. The normalized spacial score (nSPS) is 11.5. The van der Waals surface area contributed by atoms with E-state index in [1.54, 1.807) is 13.8 Å². The maximum Gasteiger partial charge on any atom is 0.304 e. The van der Waals surface area contributed by atoms with Gasteiger partial charge in [0.1, 0.15) is 0 Å². The first-order valence-electron chi connectivity index (χ1n) is 4.44. The Balaban J connectivity index is 3.18. The molecule has 1 aromatic rings. The fourth-order valence-electron chi connectivity index (χ4n) is 1.17. The zero-order chi connectivity index (χ0) is 11.6. The van der Waals surface area contributed by atoms with E-state index in [9.17, 15) is 14.5 Å². The van der Waals surface area contributed by atoms with Gasteiger partial charge < -0.3 is 5.11 Å². The van der Waals surface area contributed by atoms with Gasteiger partial charge in [-0.05, 0) is 11.6 Å². The summed E-state index contributed by atoms with van der Waals surface area (Å²) in [6, 6.07) is 3.66. The molecule has 15 heavy (non-hydrogen) atoms. The standard InChI is InChI=1S/C10H12FNO3/c1-10(2,6-13)7-3-4-9(12(14)15)8(11)5-7/h3-5,13H,6H2,1-2H3. The molecule has 0 aliphatic rings. The highest BCUT2D eigenvalue weighted by Crippen LogP contribution is 2.26. The molecule has 0 bridgehead atoms. The van der Waals surface area contributed by atoms with Gasteiger partial charge in [-0.15, -0.1) is 0 Å². The van der Waals surface area contributed by atoms with E-state index in [2.05, 4.69) is 0 Å². The van der Waals surface area contributed by atoms with Gasteiger partial charge in [-0.1, -0.05) is 19.9 Å². The van der Waals surface area contributed by atoms with Crippen LogP contribution < -0.4 is 0 Å². The van der Waals surface area contributed by atoms with Gasteiger partial charge in [-0.3, -0.25) is 10.1 Å². The van der Waals surface area contributed by atoms with Crippen LogP contribution in [0.1, 0.15) is 19.4 Å². The topological polar surface area (TPSA) is 63.4 Å². The van der Waals surface area contributed by atoms with Crippen LogP contribution in [-0.2, 0) is 5.41 Å². The van der Waals surface area contributed by atoms with E-state index in [0.29, 0.717) is 5.56 Å². The van der Waals surface area contributed by atoms with Crippen LogP contribution in [0.5, 0.6) is 0 Å². The van der Waals surface area contributed by atoms with E-state index in [0.717, 1.165) is 12.1 Å². The predicted octanol–water partition coefficient (Wildman–Crippen LogP) is 2.00. The van der Waals surface area contributed by atoms with E-state index in [1.165, 1.54) is 6.07 Å². The van der Waals surface area contributed by atoms with E-state index >= 15 is 0 Å². The summed E-state index contributed by atoms with van der Waals surface area (Å²) < 4.78 is 13.2. The second-order valence-corrected chi connectivity index (χ2v) is 3.97. The molecule has 1 N–H and O–H groups in total. The fraction of sp³-hybridized carbons (Fsp3) is 0.400. The summed E-state index contributed by atoms with van der Waals surface area (Å²) in [5.74, 6) is -0.876. The minimum atomic E-state index is -0.876. The number of rotatable bonds is 3. The van der Waals surface area contributed by atoms with Gasteiger partial charge in [0, 0.05) is 11.5 Å². The molecule has 0 saturated heterocycles. The van der Waals surface area contributed by atoms with Crippen molar-refractivity contribution in [3.63, 3.8) is 0 Å². The SMILES string of the molecule is CC(C)(CO)c1ccc([N+](=O)[O-])c(F)c1. The van der Waals surface area contributed by atoms with Crippen molar-refractivity contribution in [1.82, 2.24) is 0 Å². The first kappa shape index (κ1) is 11.6. The summed E-state index contributed by atoms with van der Waals surface area (Å²) in [6.07, 6.45) is 0. The quantitative estimate of drug-likeness (QED) is 0.617. The van der Waals surface area contributed by atoms with Crippen molar-refractivity contribution >= 4 is 5.69 Å². The molecule has 0 unspecified atom stereocenters. The molecule has 0 fully saturated rings. The molecule has 0 aromatic heterocycles. The van der Waals surface area contributed by atoms with Crippen molar-refractivity contribution in [3.8, 4) is 0 Å². The molecular weight excluding hydrogens is 201 g/mol. The number of hydrogen-bond acceptors (Lipinski definition) is 3. The molecule has 1 aromatic carbocycles. The molecule has 82 valence electrons. The summed E-state index contributed by atoms with van der Waals surface area (Å²) in [4.78, 5) is 9.60. The van der Waals surface area contributed by atoms with Crippen molar-refractivity contribution in [3.05, 3.63) is 39.7 Å². The summed E-state index contributed by atoms with van der Waals surface area (Å²) >= 11 is 0. The summed E-state index contributed by atoms with van der Waals surface area (Å²) in [7, 11) is 0. The van der Waals surface area contributed by atoms with Crippen molar-refractivity contribution in [2.45, 2.75) is 19.3 Å². The molecule has 0 aliphatic heterocycles. The zero-order valence-corrected chi connectivity index (χ0v) is 8.53. The van der Waals surface area contributed by atoms with Crippen molar-refractivity contribution < 1.29 is 14.4 Å². The Morgan fingerprint density at radius 2 is 2.13 bits per heavy atom. The number of nitro groups is 1. The van der Waals surface area contributed by atoms with Crippen LogP contribution in [0.25, 0.3) is 0 Å². The van der Waals surface area contributed by atoms with Gasteiger partial charge in [0.05, 0.1) is 11.5 Å². The number of aliphatic hydroxyl groups excluding tert-OH is 1.